The zero-order valence-corrected chi connectivity index (χ0v) is 12.5. The summed E-state index contributed by atoms with van der Waals surface area (Å²) in [5.74, 6) is 0. The van der Waals surface area contributed by atoms with Gasteiger partial charge in [0.25, 0.3) is 0 Å². The molecule has 0 saturated heterocycles. The Morgan fingerprint density at radius 1 is 1.15 bits per heavy atom. The molecule has 0 saturated carbocycles. The molecule has 0 amide bonds. The van der Waals surface area contributed by atoms with Crippen LogP contribution >= 0.6 is 23.8 Å². The van der Waals surface area contributed by atoms with Gasteiger partial charge < -0.3 is 10.6 Å². The minimum absolute atomic E-state index is 0.338. The van der Waals surface area contributed by atoms with E-state index in [1.165, 1.54) is 11.1 Å². The van der Waals surface area contributed by atoms with Crippen molar-refractivity contribution in [1.29, 1.82) is 0 Å². The lowest BCUT2D eigenvalue weighted by molar-refractivity contribution is 0.732. The van der Waals surface area contributed by atoms with E-state index < -0.39 is 0 Å². The van der Waals surface area contributed by atoms with Gasteiger partial charge in [-0.1, -0.05) is 48.1 Å². The third-order valence-corrected chi connectivity index (χ3v) is 4.25. The number of thiocarbonyl (C=S) groups is 1. The third kappa shape index (κ3) is 2.51. The van der Waals surface area contributed by atoms with Gasteiger partial charge in [0.15, 0.2) is 0 Å². The molecule has 2 nitrogen and oxygen atoms in total. The van der Waals surface area contributed by atoms with E-state index in [9.17, 15) is 0 Å². The van der Waals surface area contributed by atoms with Gasteiger partial charge in [-0.3, -0.25) is 0 Å². The average Bonchev–Trinajstić information content (AvgIpc) is 2.46. The first-order chi connectivity index (χ1) is 9.65. The molecule has 0 spiro atoms. The summed E-state index contributed by atoms with van der Waals surface area (Å²) in [5, 5.41) is 0.619. The Labute approximate surface area is 129 Å². The van der Waals surface area contributed by atoms with E-state index in [4.69, 9.17) is 29.6 Å². The fraction of sp³-hybridized carbons (Fsp3) is 0.188. The van der Waals surface area contributed by atoms with Gasteiger partial charge in [0.2, 0.25) is 0 Å². The Morgan fingerprint density at radius 3 is 2.60 bits per heavy atom. The highest BCUT2D eigenvalue weighted by molar-refractivity contribution is 7.80. The smallest absolute Gasteiger partial charge is 0.105 e. The molecule has 1 heterocycles. The van der Waals surface area contributed by atoms with E-state index in [1.807, 2.05) is 18.2 Å². The van der Waals surface area contributed by atoms with Gasteiger partial charge in [-0.15, -0.1) is 0 Å². The standard InChI is InChI=1S/C16H15ClN2S/c17-15-9-13(5-6-14(15)16(18)20)19-8-7-11-3-1-2-4-12(11)10-19/h1-6,9H,7-8,10H2,(H2,18,20). The van der Waals surface area contributed by atoms with Crippen LogP contribution in [0.1, 0.15) is 16.7 Å². The largest absolute Gasteiger partial charge is 0.389 e. The number of halogens is 1. The van der Waals surface area contributed by atoms with Crippen LogP contribution < -0.4 is 10.6 Å². The molecular weight excluding hydrogens is 288 g/mol. The Bertz CT molecular complexity index is 669. The van der Waals surface area contributed by atoms with E-state index in [1.54, 1.807) is 0 Å². The highest BCUT2D eigenvalue weighted by Gasteiger charge is 2.17. The molecule has 4 heteroatoms. The van der Waals surface area contributed by atoms with Crippen LogP contribution in [0.25, 0.3) is 0 Å². The molecule has 0 aromatic heterocycles. The van der Waals surface area contributed by atoms with Crippen molar-refractivity contribution < 1.29 is 0 Å². The van der Waals surface area contributed by atoms with Crippen LogP contribution in [0.4, 0.5) is 5.69 Å². The van der Waals surface area contributed by atoms with E-state index >= 15 is 0 Å². The van der Waals surface area contributed by atoms with Crippen LogP contribution in [0.2, 0.25) is 5.02 Å². The second kappa shape index (κ2) is 5.43. The predicted molar refractivity (Wildman–Crippen MR) is 88.5 cm³/mol. The lowest BCUT2D eigenvalue weighted by Gasteiger charge is -2.31. The van der Waals surface area contributed by atoms with E-state index in [2.05, 4.69) is 29.2 Å². The summed E-state index contributed by atoms with van der Waals surface area (Å²) in [5.41, 5.74) is 10.3. The van der Waals surface area contributed by atoms with Crippen LogP contribution in [0.15, 0.2) is 42.5 Å². The minimum Gasteiger partial charge on any atom is -0.389 e. The molecule has 2 aromatic rings. The van der Waals surface area contributed by atoms with Crippen molar-refractivity contribution in [2.45, 2.75) is 13.0 Å². The van der Waals surface area contributed by atoms with E-state index in [0.717, 1.165) is 30.8 Å². The van der Waals surface area contributed by atoms with Crippen LogP contribution in [0.3, 0.4) is 0 Å². The summed E-state index contributed by atoms with van der Waals surface area (Å²) in [4.78, 5) is 2.67. The normalized spacial score (nSPS) is 13.9. The minimum atomic E-state index is 0.338. The second-order valence-corrected chi connectivity index (χ2v) is 5.82. The number of hydrogen-bond acceptors (Lipinski definition) is 2. The maximum Gasteiger partial charge on any atom is 0.105 e. The SMILES string of the molecule is NC(=S)c1ccc(N2CCc3ccccc3C2)cc1Cl. The number of rotatable bonds is 2. The van der Waals surface area contributed by atoms with Gasteiger partial charge >= 0.3 is 0 Å². The molecule has 0 unspecified atom stereocenters. The van der Waals surface area contributed by atoms with Crippen LogP contribution in [0, 0.1) is 0 Å². The molecule has 102 valence electrons. The first-order valence-electron chi connectivity index (χ1n) is 6.56. The fourth-order valence-electron chi connectivity index (χ4n) is 2.62. The molecule has 0 aliphatic carbocycles. The predicted octanol–water partition coefficient (Wildman–Crippen LogP) is 3.54. The molecule has 20 heavy (non-hydrogen) atoms. The third-order valence-electron chi connectivity index (χ3n) is 3.71. The summed E-state index contributed by atoms with van der Waals surface area (Å²) >= 11 is 11.2. The fourth-order valence-corrected chi connectivity index (χ4v) is 3.13. The number of benzene rings is 2. The molecule has 1 aliphatic heterocycles. The first kappa shape index (κ1) is 13.4. The Morgan fingerprint density at radius 2 is 1.90 bits per heavy atom. The van der Waals surface area contributed by atoms with Crippen molar-refractivity contribution in [2.24, 2.45) is 5.73 Å². The highest BCUT2D eigenvalue weighted by atomic mass is 35.5. The van der Waals surface area contributed by atoms with E-state index in [-0.39, 0.29) is 0 Å². The van der Waals surface area contributed by atoms with Crippen molar-refractivity contribution in [1.82, 2.24) is 0 Å². The average molecular weight is 303 g/mol. The number of fused-ring (bicyclic) bond motifs is 1. The molecule has 1 aliphatic rings. The molecule has 0 atom stereocenters. The van der Waals surface area contributed by atoms with Crippen LogP contribution in [-0.2, 0) is 13.0 Å². The van der Waals surface area contributed by atoms with Gasteiger partial charge in [-0.05, 0) is 35.7 Å². The van der Waals surface area contributed by atoms with Gasteiger partial charge in [0.1, 0.15) is 4.99 Å². The lowest BCUT2D eigenvalue weighted by Crippen LogP contribution is -2.30. The summed E-state index contributed by atoms with van der Waals surface area (Å²) in [7, 11) is 0. The molecular formula is C16H15ClN2S. The first-order valence-corrected chi connectivity index (χ1v) is 7.35. The zero-order valence-electron chi connectivity index (χ0n) is 11.0. The number of hydrogen-bond donors (Lipinski definition) is 1. The lowest BCUT2D eigenvalue weighted by atomic mass is 9.99. The Hall–Kier alpha value is -1.58. The highest BCUT2D eigenvalue weighted by Crippen LogP contribution is 2.28. The van der Waals surface area contributed by atoms with Crippen molar-refractivity contribution in [3.8, 4) is 0 Å². The molecule has 0 bridgehead atoms. The number of anilines is 1. The molecule has 3 rings (SSSR count). The van der Waals surface area contributed by atoms with Gasteiger partial charge in [0, 0.05) is 24.3 Å². The quantitative estimate of drug-likeness (QED) is 0.861. The van der Waals surface area contributed by atoms with E-state index in [0.29, 0.717) is 10.0 Å². The van der Waals surface area contributed by atoms with Crippen molar-refractivity contribution >= 4 is 34.5 Å². The summed E-state index contributed by atoms with van der Waals surface area (Å²) in [6.45, 7) is 1.92. The van der Waals surface area contributed by atoms with Crippen molar-refractivity contribution in [2.75, 3.05) is 11.4 Å². The van der Waals surface area contributed by atoms with Gasteiger partial charge in [-0.2, -0.15) is 0 Å². The summed E-state index contributed by atoms with van der Waals surface area (Å²) in [6.07, 6.45) is 1.06. The number of nitrogens with zero attached hydrogens (tertiary/aromatic N) is 1. The maximum atomic E-state index is 6.25. The second-order valence-electron chi connectivity index (χ2n) is 4.97. The summed E-state index contributed by atoms with van der Waals surface area (Å²) < 4.78 is 0. The molecule has 2 aromatic carbocycles. The van der Waals surface area contributed by atoms with Crippen molar-refractivity contribution in [3.63, 3.8) is 0 Å². The van der Waals surface area contributed by atoms with Gasteiger partial charge in [0.05, 0.1) is 5.02 Å². The molecule has 2 N–H and O–H groups in total. The Kier molecular flexibility index (Phi) is 3.64. The topological polar surface area (TPSA) is 29.3 Å². The molecule has 0 radical (unpaired) electrons. The Balaban J connectivity index is 1.88. The van der Waals surface area contributed by atoms with Gasteiger partial charge in [-0.25, -0.2) is 0 Å². The van der Waals surface area contributed by atoms with Crippen molar-refractivity contribution in [3.05, 3.63) is 64.2 Å². The van der Waals surface area contributed by atoms with Crippen LogP contribution in [0.5, 0.6) is 0 Å². The maximum absolute atomic E-state index is 6.25. The monoisotopic (exact) mass is 302 g/mol. The molecule has 0 fully saturated rings. The summed E-state index contributed by atoms with van der Waals surface area (Å²) in [6, 6.07) is 14.5. The zero-order chi connectivity index (χ0) is 14.1. The number of nitrogens with two attached hydrogens (primary N) is 1. The van der Waals surface area contributed by atoms with Crippen LogP contribution in [-0.4, -0.2) is 11.5 Å².